The summed E-state index contributed by atoms with van der Waals surface area (Å²) in [5.74, 6) is 0.308. The van der Waals surface area contributed by atoms with Crippen molar-refractivity contribution in [2.75, 3.05) is 38.2 Å². The van der Waals surface area contributed by atoms with E-state index in [2.05, 4.69) is 5.32 Å². The highest BCUT2D eigenvalue weighted by Gasteiger charge is 2.20. The van der Waals surface area contributed by atoms with Crippen LogP contribution in [0.2, 0.25) is 5.02 Å². The number of carbonyl (C=O) groups excluding carboxylic acids is 2. The van der Waals surface area contributed by atoms with Gasteiger partial charge < -0.3 is 19.7 Å². The number of nitrogens with one attached hydrogen (secondary N) is 1. The lowest BCUT2D eigenvalue weighted by Gasteiger charge is -2.27. The maximum Gasteiger partial charge on any atom is 0.255 e. The fourth-order valence-corrected chi connectivity index (χ4v) is 2.98. The van der Waals surface area contributed by atoms with Crippen molar-refractivity contribution in [1.82, 2.24) is 4.90 Å². The summed E-state index contributed by atoms with van der Waals surface area (Å²) in [5, 5.41) is 3.15. The molecule has 6 nitrogen and oxygen atoms in total. The fraction of sp³-hybridized carbons (Fsp3) is 0.333. The summed E-state index contributed by atoms with van der Waals surface area (Å²) in [6, 6.07) is 11.8. The van der Waals surface area contributed by atoms with Crippen LogP contribution in [0.3, 0.4) is 0 Å². The largest absolute Gasteiger partial charge is 0.494 e. The molecule has 1 fully saturated rings. The second-order valence-electron chi connectivity index (χ2n) is 6.43. The average Bonchev–Trinajstić information content (AvgIpc) is 2.74. The van der Waals surface area contributed by atoms with Crippen molar-refractivity contribution in [3.8, 4) is 5.75 Å². The van der Waals surface area contributed by atoms with Crippen molar-refractivity contribution in [1.29, 1.82) is 0 Å². The quantitative estimate of drug-likeness (QED) is 0.796. The predicted octanol–water partition coefficient (Wildman–Crippen LogP) is 3.85. The Bertz CT molecular complexity index is 833. The molecule has 0 saturated carbocycles. The van der Waals surface area contributed by atoms with Gasteiger partial charge in [0, 0.05) is 24.2 Å². The fourth-order valence-electron chi connectivity index (χ4n) is 2.82. The Morgan fingerprint density at radius 3 is 2.46 bits per heavy atom. The van der Waals surface area contributed by atoms with Crippen molar-refractivity contribution in [3.05, 3.63) is 58.6 Å². The van der Waals surface area contributed by atoms with Crippen LogP contribution in [0.5, 0.6) is 5.75 Å². The normalized spacial score (nSPS) is 13.9. The van der Waals surface area contributed by atoms with Crippen molar-refractivity contribution in [2.24, 2.45) is 0 Å². The first-order valence-electron chi connectivity index (χ1n) is 9.29. The molecule has 2 amide bonds. The van der Waals surface area contributed by atoms with Crippen molar-refractivity contribution >= 4 is 29.1 Å². The summed E-state index contributed by atoms with van der Waals surface area (Å²) < 4.78 is 10.8. The van der Waals surface area contributed by atoms with E-state index in [1.807, 2.05) is 6.92 Å². The zero-order chi connectivity index (χ0) is 19.9. The molecule has 1 N–H and O–H groups in total. The number of benzene rings is 2. The van der Waals surface area contributed by atoms with Crippen LogP contribution in [0, 0.1) is 0 Å². The molecule has 1 heterocycles. The Morgan fingerprint density at radius 1 is 1.11 bits per heavy atom. The molecule has 0 unspecified atom stereocenters. The smallest absolute Gasteiger partial charge is 0.255 e. The molecule has 0 spiro atoms. The molecule has 0 aliphatic carbocycles. The van der Waals surface area contributed by atoms with Gasteiger partial charge in [-0.3, -0.25) is 9.59 Å². The second kappa shape index (κ2) is 9.57. The number of anilines is 1. The topological polar surface area (TPSA) is 67.9 Å². The molecule has 7 heteroatoms. The summed E-state index contributed by atoms with van der Waals surface area (Å²) in [6.45, 7) is 4.82. The Labute approximate surface area is 169 Å². The van der Waals surface area contributed by atoms with Gasteiger partial charge in [-0.05, 0) is 48.9 Å². The first-order chi connectivity index (χ1) is 13.6. The number of rotatable bonds is 6. The first-order valence-corrected chi connectivity index (χ1v) is 9.67. The van der Waals surface area contributed by atoms with E-state index in [0.717, 1.165) is 12.2 Å². The van der Waals surface area contributed by atoms with Gasteiger partial charge in [-0.2, -0.15) is 0 Å². The molecule has 1 saturated heterocycles. The third-order valence-corrected chi connectivity index (χ3v) is 4.68. The maximum atomic E-state index is 12.6. The number of morpholine rings is 1. The molecule has 148 valence electrons. The summed E-state index contributed by atoms with van der Waals surface area (Å²) in [4.78, 5) is 26.9. The Morgan fingerprint density at radius 2 is 1.79 bits per heavy atom. The molecular weight excluding hydrogens is 380 g/mol. The summed E-state index contributed by atoms with van der Waals surface area (Å²) in [6.07, 6.45) is 0.917. The van der Waals surface area contributed by atoms with E-state index in [-0.39, 0.29) is 11.8 Å². The number of ether oxygens (including phenoxy) is 2. The van der Waals surface area contributed by atoms with Gasteiger partial charge in [0.15, 0.2) is 0 Å². The van der Waals surface area contributed by atoms with E-state index in [1.165, 1.54) is 0 Å². The molecule has 3 rings (SSSR count). The van der Waals surface area contributed by atoms with E-state index in [4.69, 9.17) is 21.1 Å². The van der Waals surface area contributed by atoms with Crippen molar-refractivity contribution < 1.29 is 19.1 Å². The number of hydrogen-bond acceptors (Lipinski definition) is 4. The van der Waals surface area contributed by atoms with Gasteiger partial charge in [0.2, 0.25) is 0 Å². The SMILES string of the molecule is CCCOc1ccc(C(=O)Nc2cc(C(=O)N3CCOCC3)ccc2Cl)cc1. The van der Waals surface area contributed by atoms with Crippen LogP contribution in [0.1, 0.15) is 34.1 Å². The van der Waals surface area contributed by atoms with Gasteiger partial charge in [0.1, 0.15) is 5.75 Å². The average molecular weight is 403 g/mol. The highest BCUT2D eigenvalue weighted by molar-refractivity contribution is 6.34. The minimum atomic E-state index is -0.306. The summed E-state index contributed by atoms with van der Waals surface area (Å²) in [5.41, 5.74) is 1.35. The third-order valence-electron chi connectivity index (χ3n) is 4.35. The number of hydrogen-bond donors (Lipinski definition) is 1. The molecule has 2 aromatic carbocycles. The lowest BCUT2D eigenvalue weighted by molar-refractivity contribution is 0.0303. The van der Waals surface area contributed by atoms with Gasteiger partial charge in [-0.25, -0.2) is 0 Å². The number of carbonyl (C=O) groups is 2. The van der Waals surface area contributed by atoms with Crippen LogP contribution in [-0.4, -0.2) is 49.6 Å². The maximum absolute atomic E-state index is 12.6. The lowest BCUT2D eigenvalue weighted by atomic mass is 10.1. The van der Waals surface area contributed by atoms with Crippen LogP contribution >= 0.6 is 11.6 Å². The monoisotopic (exact) mass is 402 g/mol. The Balaban J connectivity index is 1.70. The van der Waals surface area contributed by atoms with E-state index < -0.39 is 0 Å². The van der Waals surface area contributed by atoms with Gasteiger partial charge in [0.25, 0.3) is 11.8 Å². The molecule has 0 atom stereocenters. The highest BCUT2D eigenvalue weighted by atomic mass is 35.5. The van der Waals surface area contributed by atoms with Crippen LogP contribution < -0.4 is 10.1 Å². The molecule has 0 bridgehead atoms. The molecule has 1 aliphatic heterocycles. The number of amides is 2. The molecule has 2 aromatic rings. The molecule has 0 radical (unpaired) electrons. The summed E-state index contributed by atoms with van der Waals surface area (Å²) in [7, 11) is 0. The number of nitrogens with zero attached hydrogens (tertiary/aromatic N) is 1. The third kappa shape index (κ3) is 5.03. The van der Waals surface area contributed by atoms with E-state index in [1.54, 1.807) is 47.4 Å². The minimum absolute atomic E-state index is 0.104. The van der Waals surface area contributed by atoms with Crippen LogP contribution in [0.25, 0.3) is 0 Å². The van der Waals surface area contributed by atoms with Gasteiger partial charge >= 0.3 is 0 Å². The second-order valence-corrected chi connectivity index (χ2v) is 6.83. The predicted molar refractivity (Wildman–Crippen MR) is 108 cm³/mol. The standard InChI is InChI=1S/C21H23ClN2O4/c1-2-11-28-17-6-3-15(4-7-17)20(25)23-19-14-16(5-8-18(19)22)21(26)24-9-12-27-13-10-24/h3-8,14H,2,9-13H2,1H3,(H,23,25). The van der Waals surface area contributed by atoms with Crippen molar-refractivity contribution in [2.45, 2.75) is 13.3 Å². The van der Waals surface area contributed by atoms with Gasteiger partial charge in [0.05, 0.1) is 30.5 Å². The Hall–Kier alpha value is -2.57. The van der Waals surface area contributed by atoms with Crippen LogP contribution in [-0.2, 0) is 4.74 Å². The molecule has 1 aliphatic rings. The van der Waals surface area contributed by atoms with Crippen LogP contribution in [0.15, 0.2) is 42.5 Å². The van der Waals surface area contributed by atoms with Gasteiger partial charge in [-0.1, -0.05) is 18.5 Å². The zero-order valence-corrected chi connectivity index (χ0v) is 16.5. The van der Waals surface area contributed by atoms with Gasteiger partial charge in [-0.15, -0.1) is 0 Å². The lowest BCUT2D eigenvalue weighted by Crippen LogP contribution is -2.40. The van der Waals surface area contributed by atoms with E-state index in [0.29, 0.717) is 54.7 Å². The van der Waals surface area contributed by atoms with Crippen LogP contribution in [0.4, 0.5) is 5.69 Å². The van der Waals surface area contributed by atoms with E-state index >= 15 is 0 Å². The van der Waals surface area contributed by atoms with Crippen molar-refractivity contribution in [3.63, 3.8) is 0 Å². The molecule has 28 heavy (non-hydrogen) atoms. The summed E-state index contributed by atoms with van der Waals surface area (Å²) >= 11 is 6.22. The zero-order valence-electron chi connectivity index (χ0n) is 15.7. The molecular formula is C21H23ClN2O4. The first kappa shape index (κ1) is 20.2. The number of halogens is 1. The Kier molecular flexibility index (Phi) is 6.90. The minimum Gasteiger partial charge on any atom is -0.494 e. The van der Waals surface area contributed by atoms with E-state index in [9.17, 15) is 9.59 Å². The molecule has 0 aromatic heterocycles. The highest BCUT2D eigenvalue weighted by Crippen LogP contribution is 2.25.